The van der Waals surface area contributed by atoms with Crippen molar-refractivity contribution in [1.29, 1.82) is 0 Å². The summed E-state index contributed by atoms with van der Waals surface area (Å²) >= 11 is 0. The highest BCUT2D eigenvalue weighted by Gasteiger charge is 2.15. The molecular formula is C31H39FN6O3. The van der Waals surface area contributed by atoms with Crippen molar-refractivity contribution in [2.45, 2.75) is 58.5 Å². The molecule has 0 aliphatic rings. The van der Waals surface area contributed by atoms with Crippen LogP contribution < -0.4 is 15.0 Å². The lowest BCUT2D eigenvalue weighted by Crippen LogP contribution is -2.32. The molecule has 0 aliphatic carbocycles. The first-order valence-electron chi connectivity index (χ1n) is 14.1. The Labute approximate surface area is 240 Å². The molecule has 1 N–H and O–H groups in total. The van der Waals surface area contributed by atoms with Gasteiger partial charge < -0.3 is 19.7 Å². The maximum absolute atomic E-state index is 14.4. The Morgan fingerprint density at radius 2 is 1.85 bits per heavy atom. The number of carbonyl (C=O) groups is 1. The van der Waals surface area contributed by atoms with Crippen LogP contribution in [0.2, 0.25) is 0 Å². The number of esters is 1. The van der Waals surface area contributed by atoms with E-state index in [2.05, 4.69) is 38.9 Å². The van der Waals surface area contributed by atoms with Crippen LogP contribution in [0.4, 0.5) is 15.8 Å². The molecule has 0 atom stereocenters. The van der Waals surface area contributed by atoms with Crippen LogP contribution in [0.15, 0.2) is 55.0 Å². The molecule has 0 unspecified atom stereocenters. The van der Waals surface area contributed by atoms with Crippen molar-refractivity contribution in [3.05, 3.63) is 60.8 Å². The van der Waals surface area contributed by atoms with E-state index in [0.717, 1.165) is 60.2 Å². The summed E-state index contributed by atoms with van der Waals surface area (Å²) < 4.78 is 26.4. The second kappa shape index (κ2) is 14.5. The number of aryl methyl sites for hydroxylation is 1. The van der Waals surface area contributed by atoms with Crippen molar-refractivity contribution in [2.75, 3.05) is 32.2 Å². The monoisotopic (exact) mass is 562 g/mol. The summed E-state index contributed by atoms with van der Waals surface area (Å²) in [6.07, 6.45) is 9.83. The quantitative estimate of drug-likeness (QED) is 0.141. The molecule has 0 saturated carbocycles. The Morgan fingerprint density at radius 1 is 1.02 bits per heavy atom. The van der Waals surface area contributed by atoms with E-state index in [-0.39, 0.29) is 11.8 Å². The molecule has 0 saturated heterocycles. The minimum absolute atomic E-state index is 0.157. The minimum Gasteiger partial charge on any atom is -0.497 e. The Kier molecular flexibility index (Phi) is 10.6. The standard InChI is InChI=1S/C31H39FN6O3/c1-22(2)33-12-14-38(26-15-24(32)16-27(17-26)40-3)25-10-11-28-29(18-25)36-30(20-34-28)23-19-35-37(21-23)13-8-6-5-7-9-31(39)41-4/h10-11,15-22,33H,5-9,12-14H2,1-4H3. The van der Waals surface area contributed by atoms with Gasteiger partial charge in [-0.1, -0.05) is 26.7 Å². The van der Waals surface area contributed by atoms with Crippen LogP contribution in [0.3, 0.4) is 0 Å². The summed E-state index contributed by atoms with van der Waals surface area (Å²) in [5.74, 6) is -0.0551. The summed E-state index contributed by atoms with van der Waals surface area (Å²) in [7, 11) is 2.95. The van der Waals surface area contributed by atoms with Gasteiger partial charge in [-0.3, -0.25) is 14.5 Å². The third-order valence-corrected chi connectivity index (χ3v) is 6.80. The van der Waals surface area contributed by atoms with Gasteiger partial charge in [0, 0.05) is 67.4 Å². The normalized spacial score (nSPS) is 11.3. The number of hydrogen-bond acceptors (Lipinski definition) is 8. The topological polar surface area (TPSA) is 94.4 Å². The number of ether oxygens (including phenoxy) is 2. The third kappa shape index (κ3) is 8.47. The molecule has 4 rings (SSSR count). The lowest BCUT2D eigenvalue weighted by molar-refractivity contribution is -0.140. The van der Waals surface area contributed by atoms with Crippen molar-refractivity contribution < 1.29 is 18.7 Å². The highest BCUT2D eigenvalue weighted by atomic mass is 19.1. The molecule has 41 heavy (non-hydrogen) atoms. The van der Waals surface area contributed by atoms with Crippen molar-refractivity contribution in [3.8, 4) is 17.0 Å². The molecule has 10 heteroatoms. The van der Waals surface area contributed by atoms with E-state index >= 15 is 0 Å². The second-order valence-electron chi connectivity index (χ2n) is 10.3. The van der Waals surface area contributed by atoms with Gasteiger partial charge in [-0.25, -0.2) is 9.37 Å². The van der Waals surface area contributed by atoms with Crippen LogP contribution in [0.25, 0.3) is 22.3 Å². The number of hydrogen-bond donors (Lipinski definition) is 1. The zero-order chi connectivity index (χ0) is 29.2. The highest BCUT2D eigenvalue weighted by Crippen LogP contribution is 2.31. The van der Waals surface area contributed by atoms with Gasteiger partial charge in [0.15, 0.2) is 0 Å². The Hall–Kier alpha value is -4.05. The van der Waals surface area contributed by atoms with Crippen LogP contribution in [0, 0.1) is 5.82 Å². The molecule has 0 aliphatic heterocycles. The molecule has 2 aromatic carbocycles. The van der Waals surface area contributed by atoms with Gasteiger partial charge in [-0.05, 0) is 37.1 Å². The number of fused-ring (bicyclic) bond motifs is 1. The molecule has 0 amide bonds. The van der Waals surface area contributed by atoms with Crippen LogP contribution in [0.5, 0.6) is 5.75 Å². The Balaban J connectivity index is 1.51. The number of methoxy groups -OCH3 is 2. The number of halogens is 1. The van der Waals surface area contributed by atoms with E-state index in [1.807, 2.05) is 35.1 Å². The summed E-state index contributed by atoms with van der Waals surface area (Å²) in [6, 6.07) is 10.9. The predicted octanol–water partition coefficient (Wildman–Crippen LogP) is 5.90. The van der Waals surface area contributed by atoms with Crippen molar-refractivity contribution in [2.24, 2.45) is 0 Å². The van der Waals surface area contributed by atoms with Crippen molar-refractivity contribution in [1.82, 2.24) is 25.1 Å². The summed E-state index contributed by atoms with van der Waals surface area (Å²) in [4.78, 5) is 22.8. The molecule has 0 radical (unpaired) electrons. The highest BCUT2D eigenvalue weighted by molar-refractivity contribution is 5.82. The van der Waals surface area contributed by atoms with E-state index in [1.165, 1.54) is 26.4 Å². The number of anilines is 2. The first-order valence-corrected chi connectivity index (χ1v) is 14.1. The van der Waals surface area contributed by atoms with Crippen LogP contribution in [0.1, 0.15) is 46.0 Å². The third-order valence-electron chi connectivity index (χ3n) is 6.80. The summed E-state index contributed by atoms with van der Waals surface area (Å²) in [5, 5.41) is 7.94. The first-order chi connectivity index (χ1) is 19.9. The lowest BCUT2D eigenvalue weighted by atomic mass is 10.1. The van der Waals surface area contributed by atoms with E-state index in [0.29, 0.717) is 37.0 Å². The Bertz CT molecular complexity index is 1440. The number of unbranched alkanes of at least 4 members (excludes halogenated alkanes) is 3. The summed E-state index contributed by atoms with van der Waals surface area (Å²) in [5.41, 5.74) is 4.72. The van der Waals surface area contributed by atoms with E-state index in [4.69, 9.17) is 9.72 Å². The fourth-order valence-electron chi connectivity index (χ4n) is 4.62. The molecule has 0 bridgehead atoms. The molecule has 9 nitrogen and oxygen atoms in total. The average molecular weight is 563 g/mol. The molecular weight excluding hydrogens is 523 g/mol. The molecule has 0 fully saturated rings. The largest absolute Gasteiger partial charge is 0.497 e. The zero-order valence-electron chi connectivity index (χ0n) is 24.3. The molecule has 4 aromatic rings. The lowest BCUT2D eigenvalue weighted by Gasteiger charge is -2.26. The van der Waals surface area contributed by atoms with Crippen molar-refractivity contribution >= 4 is 28.4 Å². The number of carbonyl (C=O) groups excluding carboxylic acids is 1. The van der Waals surface area contributed by atoms with Crippen LogP contribution in [-0.2, 0) is 16.1 Å². The van der Waals surface area contributed by atoms with E-state index in [9.17, 15) is 9.18 Å². The van der Waals surface area contributed by atoms with E-state index < -0.39 is 0 Å². The first kappa shape index (κ1) is 29.9. The maximum Gasteiger partial charge on any atom is 0.305 e. The zero-order valence-corrected chi connectivity index (χ0v) is 24.3. The van der Waals surface area contributed by atoms with Gasteiger partial charge in [0.05, 0.1) is 43.3 Å². The number of nitrogens with one attached hydrogen (secondary N) is 1. The molecule has 218 valence electrons. The average Bonchev–Trinajstić information content (AvgIpc) is 3.45. The van der Waals surface area contributed by atoms with Gasteiger partial charge in [0.2, 0.25) is 0 Å². The Morgan fingerprint density at radius 3 is 2.63 bits per heavy atom. The number of nitrogens with zero attached hydrogens (tertiary/aromatic N) is 5. The fraction of sp³-hybridized carbons (Fsp3) is 0.419. The summed E-state index contributed by atoms with van der Waals surface area (Å²) in [6.45, 7) is 6.32. The van der Waals surface area contributed by atoms with Gasteiger partial charge >= 0.3 is 5.97 Å². The van der Waals surface area contributed by atoms with E-state index in [1.54, 1.807) is 12.4 Å². The number of benzene rings is 2. The van der Waals surface area contributed by atoms with Crippen molar-refractivity contribution in [3.63, 3.8) is 0 Å². The molecule has 2 aromatic heterocycles. The SMILES string of the molecule is COC(=O)CCCCCCn1cc(-c2cnc3ccc(N(CCNC(C)C)c4cc(F)cc(OC)c4)cc3n2)cn1. The number of aromatic nitrogens is 4. The maximum atomic E-state index is 14.4. The molecule has 0 spiro atoms. The molecule has 2 heterocycles. The second-order valence-corrected chi connectivity index (χ2v) is 10.3. The van der Waals surface area contributed by atoms with Gasteiger partial charge in [-0.2, -0.15) is 5.10 Å². The number of rotatable bonds is 15. The van der Waals surface area contributed by atoms with Gasteiger partial charge in [-0.15, -0.1) is 0 Å². The predicted molar refractivity (Wildman–Crippen MR) is 159 cm³/mol. The van der Waals surface area contributed by atoms with Crippen LogP contribution >= 0.6 is 0 Å². The minimum atomic E-state index is -0.359. The van der Waals surface area contributed by atoms with Crippen LogP contribution in [-0.4, -0.2) is 59.1 Å². The van der Waals surface area contributed by atoms with Gasteiger partial charge in [0.1, 0.15) is 11.6 Å². The van der Waals surface area contributed by atoms with Gasteiger partial charge in [0.25, 0.3) is 0 Å². The fourth-order valence-corrected chi connectivity index (χ4v) is 4.62. The smallest absolute Gasteiger partial charge is 0.305 e.